The van der Waals surface area contributed by atoms with E-state index in [2.05, 4.69) is 11.5 Å². The number of carbonyl (C=O) groups excluding carboxylic acids is 4. The van der Waals surface area contributed by atoms with Gasteiger partial charge < -0.3 is 19.1 Å². The van der Waals surface area contributed by atoms with Gasteiger partial charge in [0.1, 0.15) is 24.7 Å². The predicted octanol–water partition coefficient (Wildman–Crippen LogP) is 5.05. The van der Waals surface area contributed by atoms with Crippen molar-refractivity contribution in [2.24, 2.45) is 10.8 Å². The number of nitrogens with zero attached hydrogens (tertiary/aromatic N) is 1. The van der Waals surface area contributed by atoms with E-state index in [1.54, 1.807) is 0 Å². The van der Waals surface area contributed by atoms with Crippen LogP contribution in [0, 0.1) is 10.8 Å². The molecule has 0 N–H and O–H groups in total. The molecule has 0 radical (unpaired) electrons. The molecule has 2 atom stereocenters. The molecule has 1 saturated heterocycles. The molecule has 7 heteroatoms. The first-order valence-electron chi connectivity index (χ1n) is 13.2. The average Bonchev–Trinajstić information content (AvgIpc) is 3.22. The third-order valence-corrected chi connectivity index (χ3v) is 6.70. The third-order valence-electron chi connectivity index (χ3n) is 6.70. The number of hydrogen-bond donors (Lipinski definition) is 0. The highest BCUT2D eigenvalue weighted by Gasteiger charge is 2.39. The van der Waals surface area contributed by atoms with Crippen LogP contribution >= 0.6 is 0 Å². The van der Waals surface area contributed by atoms with Crippen molar-refractivity contribution in [1.82, 2.24) is 4.90 Å². The van der Waals surface area contributed by atoms with Gasteiger partial charge in [0, 0.05) is 29.9 Å². The zero-order chi connectivity index (χ0) is 26.3. The third kappa shape index (κ3) is 13.0. The van der Waals surface area contributed by atoms with Crippen LogP contribution in [0.5, 0.6) is 0 Å². The molecule has 1 heterocycles. The number of ether oxygens (including phenoxy) is 2. The molecule has 0 aromatic rings. The van der Waals surface area contributed by atoms with Gasteiger partial charge in [0.15, 0.2) is 0 Å². The summed E-state index contributed by atoms with van der Waals surface area (Å²) in [7, 11) is 0. The van der Waals surface area contributed by atoms with Crippen LogP contribution in [0.15, 0.2) is 12.7 Å². The molecule has 200 valence electrons. The quantitative estimate of drug-likeness (QED) is 0.108. The first-order valence-corrected chi connectivity index (χ1v) is 13.2. The second-order valence-corrected chi connectivity index (χ2v) is 11.2. The fraction of sp³-hybridized carbons (Fsp3) is 0.786. The Morgan fingerprint density at radius 1 is 0.886 bits per heavy atom. The number of likely N-dealkylation sites (tertiary alicyclic amines) is 1. The van der Waals surface area contributed by atoms with Crippen molar-refractivity contribution < 1.29 is 28.7 Å². The van der Waals surface area contributed by atoms with E-state index < -0.39 is 12.0 Å². The van der Waals surface area contributed by atoms with E-state index in [4.69, 9.17) is 9.47 Å². The molecule has 0 spiro atoms. The average molecular weight is 494 g/mol. The van der Waals surface area contributed by atoms with Gasteiger partial charge in [-0.1, -0.05) is 72.8 Å². The first-order chi connectivity index (χ1) is 16.5. The van der Waals surface area contributed by atoms with Gasteiger partial charge >= 0.3 is 11.9 Å². The van der Waals surface area contributed by atoms with Crippen LogP contribution in [-0.2, 0) is 28.7 Å². The largest absolute Gasteiger partial charge is 0.465 e. The van der Waals surface area contributed by atoms with Gasteiger partial charge in [0.05, 0.1) is 6.61 Å². The molecular formula is C28H47NO6. The smallest absolute Gasteiger partial charge is 0.330 e. The van der Waals surface area contributed by atoms with Gasteiger partial charge in [0.25, 0.3) is 0 Å². The lowest BCUT2D eigenvalue weighted by Crippen LogP contribution is -2.38. The van der Waals surface area contributed by atoms with Crippen LogP contribution in [0.3, 0.4) is 0 Å². The Bertz CT molecular complexity index is 687. The van der Waals surface area contributed by atoms with Crippen LogP contribution in [0.4, 0.5) is 0 Å². The van der Waals surface area contributed by atoms with Gasteiger partial charge in [-0.3, -0.25) is 9.69 Å². The second-order valence-electron chi connectivity index (χ2n) is 11.2. The summed E-state index contributed by atoms with van der Waals surface area (Å²) >= 11 is 0. The number of unbranched alkanes of at least 4 members (excludes halogenated alkanes) is 6. The summed E-state index contributed by atoms with van der Waals surface area (Å²) in [4.78, 5) is 48.5. The molecule has 1 aliphatic heterocycles. The SMILES string of the molecule is C=CC(=O)OC1CC(C(=O)OCCCCCCC(C)(C)C=O)N(CCCCCCC(C)(C)C=O)C1. The zero-order valence-electron chi connectivity index (χ0n) is 22.4. The van der Waals surface area contributed by atoms with E-state index in [1.807, 2.05) is 27.7 Å². The summed E-state index contributed by atoms with van der Waals surface area (Å²) in [5.74, 6) is -0.725. The topological polar surface area (TPSA) is 90.0 Å². The standard InChI is InChI=1S/C28H47NO6/c1-6-25(32)35-23-19-24(26(33)34-18-14-10-8-12-16-28(4,5)22-31)29(20-23)17-13-9-7-11-15-27(2,3)21-30/h6,21-24H,1,7-20H2,2-5H3. The van der Waals surface area contributed by atoms with Crippen LogP contribution in [0.25, 0.3) is 0 Å². The van der Waals surface area contributed by atoms with Crippen molar-refractivity contribution in [2.75, 3.05) is 19.7 Å². The van der Waals surface area contributed by atoms with Gasteiger partial charge in [-0.25, -0.2) is 4.79 Å². The molecule has 0 aromatic heterocycles. The molecule has 1 rings (SSSR count). The Morgan fingerprint density at radius 2 is 1.43 bits per heavy atom. The van der Waals surface area contributed by atoms with Gasteiger partial charge in [-0.2, -0.15) is 0 Å². The van der Waals surface area contributed by atoms with Crippen molar-refractivity contribution in [3.8, 4) is 0 Å². The number of aldehydes is 2. The van der Waals surface area contributed by atoms with Crippen LogP contribution < -0.4 is 0 Å². The van der Waals surface area contributed by atoms with Crippen LogP contribution in [0.2, 0.25) is 0 Å². The van der Waals surface area contributed by atoms with Crippen molar-refractivity contribution in [3.63, 3.8) is 0 Å². The van der Waals surface area contributed by atoms with Crippen molar-refractivity contribution >= 4 is 24.5 Å². The number of hydrogen-bond acceptors (Lipinski definition) is 7. The highest BCUT2D eigenvalue weighted by atomic mass is 16.5. The molecule has 7 nitrogen and oxygen atoms in total. The lowest BCUT2D eigenvalue weighted by molar-refractivity contribution is -0.149. The maximum absolute atomic E-state index is 12.8. The number of carbonyl (C=O) groups is 4. The van der Waals surface area contributed by atoms with Crippen molar-refractivity contribution in [2.45, 2.75) is 110 Å². The second kappa shape index (κ2) is 15.9. The summed E-state index contributed by atoms with van der Waals surface area (Å²) in [6.07, 6.45) is 12.8. The Morgan fingerprint density at radius 3 is 1.97 bits per heavy atom. The van der Waals surface area contributed by atoms with Gasteiger partial charge in [-0.05, 0) is 32.2 Å². The Balaban J connectivity index is 2.41. The minimum Gasteiger partial charge on any atom is -0.465 e. The molecule has 0 saturated carbocycles. The fourth-order valence-corrected chi connectivity index (χ4v) is 4.32. The molecule has 35 heavy (non-hydrogen) atoms. The highest BCUT2D eigenvalue weighted by Crippen LogP contribution is 2.25. The van der Waals surface area contributed by atoms with Crippen LogP contribution in [-0.4, -0.2) is 61.3 Å². The highest BCUT2D eigenvalue weighted by molar-refractivity contribution is 5.81. The summed E-state index contributed by atoms with van der Waals surface area (Å²) in [5.41, 5.74) is -0.533. The lowest BCUT2D eigenvalue weighted by Gasteiger charge is -2.22. The Kier molecular flexibility index (Phi) is 14.1. The van der Waals surface area contributed by atoms with Gasteiger partial charge in [0.2, 0.25) is 0 Å². The van der Waals surface area contributed by atoms with E-state index in [-0.39, 0.29) is 22.9 Å². The molecule has 1 aliphatic rings. The normalized spacial score (nSPS) is 18.7. The number of esters is 2. The first kappa shape index (κ1) is 31.0. The van der Waals surface area contributed by atoms with E-state index in [0.717, 1.165) is 89.4 Å². The maximum atomic E-state index is 12.8. The summed E-state index contributed by atoms with van der Waals surface area (Å²) in [5, 5.41) is 0. The number of rotatable bonds is 19. The van der Waals surface area contributed by atoms with Crippen LogP contribution in [0.1, 0.15) is 98.3 Å². The van der Waals surface area contributed by atoms with E-state index >= 15 is 0 Å². The zero-order valence-corrected chi connectivity index (χ0v) is 22.4. The molecule has 0 aromatic carbocycles. The molecule has 0 aliphatic carbocycles. The fourth-order valence-electron chi connectivity index (χ4n) is 4.32. The monoisotopic (exact) mass is 493 g/mol. The lowest BCUT2D eigenvalue weighted by atomic mass is 9.89. The summed E-state index contributed by atoms with van der Waals surface area (Å²) < 4.78 is 11.0. The Hall–Kier alpha value is -2.02. The summed E-state index contributed by atoms with van der Waals surface area (Å²) in [6.45, 7) is 12.9. The predicted molar refractivity (Wildman–Crippen MR) is 137 cm³/mol. The minimum absolute atomic E-state index is 0.253. The van der Waals surface area contributed by atoms with Gasteiger partial charge in [-0.15, -0.1) is 0 Å². The van der Waals surface area contributed by atoms with Crippen molar-refractivity contribution in [1.29, 1.82) is 0 Å². The van der Waals surface area contributed by atoms with E-state index in [9.17, 15) is 19.2 Å². The van der Waals surface area contributed by atoms with Crippen molar-refractivity contribution in [3.05, 3.63) is 12.7 Å². The molecule has 0 amide bonds. The van der Waals surface area contributed by atoms with E-state index in [1.165, 1.54) is 0 Å². The molecule has 0 bridgehead atoms. The Labute approximate surface area is 212 Å². The maximum Gasteiger partial charge on any atom is 0.330 e. The molecule has 2 unspecified atom stereocenters. The van der Waals surface area contributed by atoms with E-state index in [0.29, 0.717) is 19.6 Å². The molecule has 1 fully saturated rings. The molecular weight excluding hydrogens is 446 g/mol. The minimum atomic E-state index is -0.473. The summed E-state index contributed by atoms with van der Waals surface area (Å²) in [6, 6.07) is -0.403.